The summed E-state index contributed by atoms with van der Waals surface area (Å²) in [7, 11) is 3.11. The van der Waals surface area contributed by atoms with Crippen molar-refractivity contribution >= 4 is 33.1 Å². The number of anilines is 1. The van der Waals surface area contributed by atoms with Gasteiger partial charge < -0.3 is 19.8 Å². The first-order chi connectivity index (χ1) is 15.7. The first-order valence-electron chi connectivity index (χ1n) is 11.2. The van der Waals surface area contributed by atoms with Gasteiger partial charge in [-0.2, -0.15) is 0 Å². The summed E-state index contributed by atoms with van der Waals surface area (Å²) < 4.78 is 10.5. The number of H-pyrrole nitrogens is 1. The zero-order valence-corrected chi connectivity index (χ0v) is 20.6. The molecular formula is C25H31N3O4S. The number of carbonyl (C=O) groups excluding carboxylic acids is 1. The fourth-order valence-corrected chi connectivity index (χ4v) is 5.77. The molecule has 0 saturated carbocycles. The van der Waals surface area contributed by atoms with Crippen LogP contribution < -0.4 is 20.3 Å². The van der Waals surface area contributed by atoms with E-state index in [0.29, 0.717) is 35.3 Å². The van der Waals surface area contributed by atoms with E-state index in [1.807, 2.05) is 0 Å². The van der Waals surface area contributed by atoms with Crippen molar-refractivity contribution in [2.45, 2.75) is 52.9 Å². The quantitative estimate of drug-likeness (QED) is 0.545. The largest absolute Gasteiger partial charge is 0.493 e. The lowest BCUT2D eigenvalue weighted by atomic mass is 9.72. The van der Waals surface area contributed by atoms with E-state index in [1.54, 1.807) is 43.8 Å². The molecular weight excluding hydrogens is 438 g/mol. The molecule has 1 aliphatic carbocycles. The van der Waals surface area contributed by atoms with Gasteiger partial charge in [0.2, 0.25) is 5.91 Å². The average molecular weight is 470 g/mol. The second kappa shape index (κ2) is 9.17. The Morgan fingerprint density at radius 1 is 1.24 bits per heavy atom. The molecule has 7 nitrogen and oxygen atoms in total. The molecule has 1 aliphatic rings. The van der Waals surface area contributed by atoms with E-state index < -0.39 is 0 Å². The Bertz CT molecular complexity index is 1240. The molecule has 0 bridgehead atoms. The number of rotatable bonds is 6. The van der Waals surface area contributed by atoms with Crippen LogP contribution in [0.5, 0.6) is 11.5 Å². The zero-order valence-electron chi connectivity index (χ0n) is 19.8. The molecule has 1 amide bonds. The van der Waals surface area contributed by atoms with Gasteiger partial charge in [-0.15, -0.1) is 11.3 Å². The Kier molecular flexibility index (Phi) is 6.47. The van der Waals surface area contributed by atoms with Crippen molar-refractivity contribution in [3.63, 3.8) is 0 Å². The van der Waals surface area contributed by atoms with Crippen LogP contribution in [0, 0.1) is 11.3 Å². The maximum absolute atomic E-state index is 12.9. The summed E-state index contributed by atoms with van der Waals surface area (Å²) in [5.41, 5.74) is 1.94. The lowest BCUT2D eigenvalue weighted by Gasteiger charge is -2.33. The molecule has 0 aliphatic heterocycles. The van der Waals surface area contributed by atoms with Crippen LogP contribution in [-0.2, 0) is 24.1 Å². The van der Waals surface area contributed by atoms with Gasteiger partial charge in [0.25, 0.3) is 5.56 Å². The fourth-order valence-electron chi connectivity index (χ4n) is 4.46. The number of methoxy groups -OCH3 is 2. The molecule has 176 valence electrons. The number of aryl methyl sites for hydroxylation is 2. The number of aromatic nitrogens is 2. The molecule has 1 unspecified atom stereocenters. The normalized spacial score (nSPS) is 15.8. The molecule has 0 saturated heterocycles. The second-order valence-electron chi connectivity index (χ2n) is 9.62. The van der Waals surface area contributed by atoms with Crippen molar-refractivity contribution in [1.29, 1.82) is 0 Å². The number of fused-ring (bicyclic) bond motifs is 3. The van der Waals surface area contributed by atoms with E-state index in [4.69, 9.17) is 14.5 Å². The van der Waals surface area contributed by atoms with Crippen molar-refractivity contribution in [3.05, 3.63) is 44.8 Å². The Morgan fingerprint density at radius 2 is 2.00 bits per heavy atom. The van der Waals surface area contributed by atoms with Crippen LogP contribution >= 0.6 is 11.3 Å². The number of hydrogen-bond donors (Lipinski definition) is 2. The standard InChI is InChI=1S/C25H31N3O4S/c1-25(2,3)14-6-8-16-19(12-14)33-24-22(16)23(30)27-20(28-24)10-11-21(29)26-15-7-9-17(31-4)18(13-15)32-5/h7,9,13-14H,6,8,10-12H2,1-5H3,(H,26,29)(H,27,28,30). The van der Waals surface area contributed by atoms with Crippen LogP contribution in [0.15, 0.2) is 23.0 Å². The highest BCUT2D eigenvalue weighted by Crippen LogP contribution is 2.42. The van der Waals surface area contributed by atoms with Crippen LogP contribution in [0.2, 0.25) is 0 Å². The van der Waals surface area contributed by atoms with Gasteiger partial charge in [0.1, 0.15) is 10.7 Å². The van der Waals surface area contributed by atoms with E-state index in [9.17, 15) is 9.59 Å². The Balaban J connectivity index is 1.46. The third kappa shape index (κ3) is 4.90. The molecule has 2 N–H and O–H groups in total. The van der Waals surface area contributed by atoms with Gasteiger partial charge in [0, 0.05) is 29.5 Å². The minimum Gasteiger partial charge on any atom is -0.493 e. The Morgan fingerprint density at radius 3 is 2.70 bits per heavy atom. The first-order valence-corrected chi connectivity index (χ1v) is 12.1. The molecule has 1 atom stereocenters. The molecule has 8 heteroatoms. The minimum atomic E-state index is -0.163. The summed E-state index contributed by atoms with van der Waals surface area (Å²) in [4.78, 5) is 35.0. The molecule has 2 aromatic heterocycles. The highest BCUT2D eigenvalue weighted by molar-refractivity contribution is 7.18. The number of nitrogens with one attached hydrogen (secondary N) is 2. The summed E-state index contributed by atoms with van der Waals surface area (Å²) in [5.74, 6) is 2.13. The summed E-state index contributed by atoms with van der Waals surface area (Å²) >= 11 is 1.63. The molecule has 4 rings (SSSR count). The zero-order chi connectivity index (χ0) is 23.8. The second-order valence-corrected chi connectivity index (χ2v) is 10.7. The lowest BCUT2D eigenvalue weighted by molar-refractivity contribution is -0.116. The number of amides is 1. The predicted octanol–water partition coefficient (Wildman–Crippen LogP) is 4.72. The fraction of sp³-hybridized carbons (Fsp3) is 0.480. The van der Waals surface area contributed by atoms with Crippen molar-refractivity contribution < 1.29 is 14.3 Å². The van der Waals surface area contributed by atoms with Crippen molar-refractivity contribution in [2.75, 3.05) is 19.5 Å². The molecule has 1 aromatic carbocycles. The highest BCUT2D eigenvalue weighted by Gasteiger charge is 2.31. The monoisotopic (exact) mass is 469 g/mol. The topological polar surface area (TPSA) is 93.3 Å². The van der Waals surface area contributed by atoms with Crippen LogP contribution in [0.4, 0.5) is 5.69 Å². The molecule has 0 radical (unpaired) electrons. The number of nitrogens with zero attached hydrogens (tertiary/aromatic N) is 1. The van der Waals surface area contributed by atoms with E-state index in [-0.39, 0.29) is 23.3 Å². The van der Waals surface area contributed by atoms with E-state index in [1.165, 1.54) is 10.4 Å². The summed E-state index contributed by atoms with van der Waals surface area (Å²) in [6.07, 6.45) is 3.59. The lowest BCUT2D eigenvalue weighted by Crippen LogP contribution is -2.26. The highest BCUT2D eigenvalue weighted by atomic mass is 32.1. The van der Waals surface area contributed by atoms with Crippen molar-refractivity contribution in [2.24, 2.45) is 11.3 Å². The third-order valence-corrected chi connectivity index (χ3v) is 7.60. The van der Waals surface area contributed by atoms with Gasteiger partial charge in [-0.1, -0.05) is 20.8 Å². The van der Waals surface area contributed by atoms with Crippen LogP contribution in [0.1, 0.15) is 49.9 Å². The van der Waals surface area contributed by atoms with Gasteiger partial charge in [-0.05, 0) is 48.3 Å². The first kappa shape index (κ1) is 23.3. The maximum Gasteiger partial charge on any atom is 0.259 e. The van der Waals surface area contributed by atoms with Crippen LogP contribution in [-0.4, -0.2) is 30.1 Å². The van der Waals surface area contributed by atoms with E-state index in [2.05, 4.69) is 31.1 Å². The van der Waals surface area contributed by atoms with Gasteiger partial charge in [0.05, 0.1) is 19.6 Å². The number of hydrogen-bond acceptors (Lipinski definition) is 6. The number of thiophene rings is 1. The molecule has 0 fully saturated rings. The van der Waals surface area contributed by atoms with E-state index in [0.717, 1.165) is 29.5 Å². The Hall–Kier alpha value is -2.87. The van der Waals surface area contributed by atoms with Gasteiger partial charge in [-0.3, -0.25) is 9.59 Å². The number of benzene rings is 1. The van der Waals surface area contributed by atoms with Crippen molar-refractivity contribution in [3.8, 4) is 11.5 Å². The average Bonchev–Trinajstić information content (AvgIpc) is 3.15. The van der Waals surface area contributed by atoms with Gasteiger partial charge in [-0.25, -0.2) is 4.98 Å². The van der Waals surface area contributed by atoms with Crippen LogP contribution in [0.25, 0.3) is 10.2 Å². The molecule has 2 heterocycles. The van der Waals surface area contributed by atoms with Crippen LogP contribution in [0.3, 0.4) is 0 Å². The van der Waals surface area contributed by atoms with Gasteiger partial charge in [0.15, 0.2) is 11.5 Å². The van der Waals surface area contributed by atoms with Gasteiger partial charge >= 0.3 is 0 Å². The number of carbonyl (C=O) groups is 1. The molecule has 0 spiro atoms. The molecule has 3 aromatic rings. The number of aromatic amines is 1. The van der Waals surface area contributed by atoms with Crippen molar-refractivity contribution in [1.82, 2.24) is 9.97 Å². The third-order valence-electron chi connectivity index (χ3n) is 6.45. The summed E-state index contributed by atoms with van der Waals surface area (Å²) in [5, 5.41) is 3.59. The minimum absolute atomic E-state index is 0.0954. The summed E-state index contributed by atoms with van der Waals surface area (Å²) in [6.45, 7) is 6.85. The smallest absolute Gasteiger partial charge is 0.259 e. The SMILES string of the molecule is COc1ccc(NC(=O)CCc2nc3sc4c(c3c(=O)[nH]2)CCC(C(C)(C)C)C4)cc1OC. The predicted molar refractivity (Wildman–Crippen MR) is 132 cm³/mol. The maximum atomic E-state index is 12.9. The number of ether oxygens (including phenoxy) is 2. The Labute approximate surface area is 197 Å². The van der Waals surface area contributed by atoms with E-state index >= 15 is 0 Å². The summed E-state index contributed by atoms with van der Waals surface area (Å²) in [6, 6.07) is 5.21. The molecule has 33 heavy (non-hydrogen) atoms.